The van der Waals surface area contributed by atoms with E-state index in [1.54, 1.807) is 11.8 Å². The number of rotatable bonds is 2. The normalized spacial score (nSPS) is 19.6. The Morgan fingerprint density at radius 1 is 1.35 bits per heavy atom. The van der Waals surface area contributed by atoms with Crippen LogP contribution in [-0.2, 0) is 0 Å². The highest BCUT2D eigenvalue weighted by molar-refractivity contribution is 8.14. The van der Waals surface area contributed by atoms with Crippen molar-refractivity contribution in [1.29, 1.82) is 0 Å². The Balaban J connectivity index is 2.06. The maximum Gasteiger partial charge on any atom is 0.161 e. The first kappa shape index (κ1) is 12.4. The van der Waals surface area contributed by atoms with Gasteiger partial charge in [0.15, 0.2) is 16.8 Å². The van der Waals surface area contributed by atoms with E-state index in [4.69, 9.17) is 0 Å². The smallest absolute Gasteiger partial charge is 0.161 e. The molecule has 17 heavy (non-hydrogen) atoms. The van der Waals surface area contributed by atoms with Gasteiger partial charge in [-0.15, -0.1) is 0 Å². The molecule has 1 aromatic carbocycles. The number of aliphatic imine (C=N–C) groups is 1. The van der Waals surface area contributed by atoms with E-state index in [0.29, 0.717) is 17.6 Å². The molecule has 0 saturated heterocycles. The third-order valence-electron chi connectivity index (χ3n) is 2.61. The van der Waals surface area contributed by atoms with Gasteiger partial charge in [-0.1, -0.05) is 25.6 Å². The summed E-state index contributed by atoms with van der Waals surface area (Å²) in [6, 6.07) is 4.05. The largest absolute Gasteiger partial charge is 0.335 e. The van der Waals surface area contributed by atoms with Crippen molar-refractivity contribution in [1.82, 2.24) is 0 Å². The minimum atomic E-state index is -0.848. The van der Waals surface area contributed by atoms with E-state index in [-0.39, 0.29) is 0 Å². The maximum absolute atomic E-state index is 13.0. The molecule has 0 bridgehead atoms. The van der Waals surface area contributed by atoms with Crippen molar-refractivity contribution >= 4 is 22.6 Å². The summed E-state index contributed by atoms with van der Waals surface area (Å²) in [5.74, 6) is -0.258. The van der Waals surface area contributed by atoms with Crippen molar-refractivity contribution in [3.63, 3.8) is 0 Å². The number of thioether (sulfide) groups is 1. The molecule has 0 spiro atoms. The zero-order valence-electron chi connectivity index (χ0n) is 9.71. The van der Waals surface area contributed by atoms with Gasteiger partial charge in [-0.3, -0.25) is 4.99 Å². The van der Waals surface area contributed by atoms with Gasteiger partial charge in [-0.2, -0.15) is 0 Å². The first-order valence-corrected chi connectivity index (χ1v) is 6.47. The van der Waals surface area contributed by atoms with Gasteiger partial charge in [0.05, 0.1) is 6.04 Å². The van der Waals surface area contributed by atoms with Crippen LogP contribution in [0.3, 0.4) is 0 Å². The number of nitrogens with zero attached hydrogens (tertiary/aromatic N) is 1. The van der Waals surface area contributed by atoms with Gasteiger partial charge in [-0.25, -0.2) is 8.78 Å². The summed E-state index contributed by atoms with van der Waals surface area (Å²) in [7, 11) is 0. The van der Waals surface area contributed by atoms with E-state index in [2.05, 4.69) is 24.2 Å². The van der Waals surface area contributed by atoms with E-state index in [1.807, 2.05) is 0 Å². The second-order valence-electron chi connectivity index (χ2n) is 4.31. The molecule has 0 fully saturated rings. The highest BCUT2D eigenvalue weighted by Gasteiger charge is 2.21. The lowest BCUT2D eigenvalue weighted by molar-refractivity contribution is 0.509. The molecule has 0 amide bonds. The lowest BCUT2D eigenvalue weighted by Crippen LogP contribution is -2.12. The van der Waals surface area contributed by atoms with E-state index < -0.39 is 11.6 Å². The van der Waals surface area contributed by atoms with Crippen LogP contribution in [0.4, 0.5) is 14.5 Å². The molecule has 1 aliphatic rings. The van der Waals surface area contributed by atoms with Gasteiger partial charge in [-0.05, 0) is 18.1 Å². The van der Waals surface area contributed by atoms with Crippen molar-refractivity contribution in [3.05, 3.63) is 29.8 Å². The standard InChI is InChI=1S/C12H14F2N2S/c1-7(2)11-6-17-12(16-11)15-8-3-4-9(13)10(14)5-8/h3-5,7,11H,6H2,1-2H3,(H,15,16)/t11-/m1/s1. The van der Waals surface area contributed by atoms with Crippen molar-refractivity contribution in [3.8, 4) is 0 Å². The summed E-state index contributed by atoms with van der Waals surface area (Å²) in [5, 5.41) is 3.77. The number of anilines is 1. The summed E-state index contributed by atoms with van der Waals surface area (Å²) in [6.45, 7) is 4.24. The van der Waals surface area contributed by atoms with Gasteiger partial charge in [0.1, 0.15) is 0 Å². The number of halogens is 2. The second kappa shape index (κ2) is 5.04. The number of benzene rings is 1. The zero-order valence-corrected chi connectivity index (χ0v) is 10.5. The first-order valence-electron chi connectivity index (χ1n) is 5.49. The predicted octanol–water partition coefficient (Wildman–Crippen LogP) is 3.50. The highest BCUT2D eigenvalue weighted by atomic mass is 32.2. The molecule has 5 heteroatoms. The third kappa shape index (κ3) is 2.97. The van der Waals surface area contributed by atoms with Crippen LogP contribution >= 0.6 is 11.8 Å². The summed E-state index contributed by atoms with van der Waals surface area (Å²) in [5.41, 5.74) is 0.527. The summed E-state index contributed by atoms with van der Waals surface area (Å²) in [4.78, 5) is 4.49. The summed E-state index contributed by atoms with van der Waals surface area (Å²) >= 11 is 1.61. The fraction of sp³-hybridized carbons (Fsp3) is 0.417. The van der Waals surface area contributed by atoms with Gasteiger partial charge in [0.2, 0.25) is 0 Å². The first-order chi connectivity index (χ1) is 8.06. The van der Waals surface area contributed by atoms with Crippen LogP contribution in [0, 0.1) is 17.6 Å². The summed E-state index contributed by atoms with van der Waals surface area (Å²) < 4.78 is 25.7. The van der Waals surface area contributed by atoms with Gasteiger partial charge in [0, 0.05) is 17.5 Å². The van der Waals surface area contributed by atoms with Gasteiger partial charge in [0.25, 0.3) is 0 Å². The van der Waals surface area contributed by atoms with E-state index in [0.717, 1.165) is 23.1 Å². The number of hydrogen-bond donors (Lipinski definition) is 1. The number of nitrogens with one attached hydrogen (secondary N) is 1. The molecule has 2 nitrogen and oxygen atoms in total. The van der Waals surface area contributed by atoms with E-state index >= 15 is 0 Å². The highest BCUT2D eigenvalue weighted by Crippen LogP contribution is 2.24. The van der Waals surface area contributed by atoms with E-state index in [9.17, 15) is 8.78 Å². The molecular formula is C12H14F2N2S. The minimum absolute atomic E-state index is 0.299. The van der Waals surface area contributed by atoms with Crippen LogP contribution in [-0.4, -0.2) is 17.0 Å². The molecule has 2 rings (SSSR count). The molecule has 0 radical (unpaired) electrons. The maximum atomic E-state index is 13.0. The summed E-state index contributed by atoms with van der Waals surface area (Å²) in [6.07, 6.45) is 0. The Labute approximate surface area is 104 Å². The molecule has 0 unspecified atom stereocenters. The predicted molar refractivity (Wildman–Crippen MR) is 68.5 cm³/mol. The average Bonchev–Trinajstić information content (AvgIpc) is 2.72. The lowest BCUT2D eigenvalue weighted by Gasteiger charge is -2.08. The molecule has 1 aliphatic heterocycles. The second-order valence-corrected chi connectivity index (χ2v) is 5.32. The molecule has 0 aromatic heterocycles. The van der Waals surface area contributed by atoms with Crippen molar-refractivity contribution in [2.24, 2.45) is 10.9 Å². The molecule has 92 valence electrons. The van der Waals surface area contributed by atoms with Gasteiger partial charge < -0.3 is 5.32 Å². The van der Waals surface area contributed by atoms with Gasteiger partial charge >= 0.3 is 0 Å². The quantitative estimate of drug-likeness (QED) is 0.875. The Morgan fingerprint density at radius 2 is 2.12 bits per heavy atom. The SMILES string of the molecule is CC(C)[C@H]1CSC(Nc2ccc(F)c(F)c2)=N1. The Morgan fingerprint density at radius 3 is 2.71 bits per heavy atom. The molecule has 1 atom stereocenters. The molecule has 1 N–H and O–H groups in total. The Bertz CT molecular complexity index is 446. The van der Waals surface area contributed by atoms with Crippen LogP contribution in [0.2, 0.25) is 0 Å². The third-order valence-corrected chi connectivity index (χ3v) is 3.60. The molecule has 1 heterocycles. The van der Waals surface area contributed by atoms with Crippen LogP contribution in [0.15, 0.2) is 23.2 Å². The number of hydrogen-bond acceptors (Lipinski definition) is 3. The zero-order chi connectivity index (χ0) is 12.4. The Hall–Kier alpha value is -1.10. The van der Waals surface area contributed by atoms with Crippen molar-refractivity contribution < 1.29 is 8.78 Å². The van der Waals surface area contributed by atoms with Crippen molar-refractivity contribution in [2.45, 2.75) is 19.9 Å². The fourth-order valence-electron chi connectivity index (χ4n) is 1.50. The molecule has 0 aliphatic carbocycles. The topological polar surface area (TPSA) is 24.4 Å². The molecular weight excluding hydrogens is 242 g/mol. The Kier molecular flexibility index (Phi) is 3.66. The van der Waals surface area contributed by atoms with E-state index in [1.165, 1.54) is 6.07 Å². The van der Waals surface area contributed by atoms with Crippen LogP contribution in [0.5, 0.6) is 0 Å². The van der Waals surface area contributed by atoms with Crippen LogP contribution in [0.1, 0.15) is 13.8 Å². The average molecular weight is 256 g/mol. The lowest BCUT2D eigenvalue weighted by atomic mass is 10.1. The fourth-order valence-corrected chi connectivity index (χ4v) is 2.68. The van der Waals surface area contributed by atoms with Crippen molar-refractivity contribution in [2.75, 3.05) is 11.1 Å². The monoisotopic (exact) mass is 256 g/mol. The molecule has 0 saturated carbocycles. The van der Waals surface area contributed by atoms with Crippen LogP contribution in [0.25, 0.3) is 0 Å². The number of amidine groups is 1. The van der Waals surface area contributed by atoms with Crippen LogP contribution < -0.4 is 5.32 Å². The minimum Gasteiger partial charge on any atom is -0.335 e. The molecule has 1 aromatic rings.